The van der Waals surface area contributed by atoms with Crippen LogP contribution in [-0.4, -0.2) is 40.3 Å². The van der Waals surface area contributed by atoms with Crippen molar-refractivity contribution in [2.45, 2.75) is 18.6 Å². The van der Waals surface area contributed by atoms with Gasteiger partial charge in [0.2, 0.25) is 5.91 Å². The zero-order valence-corrected chi connectivity index (χ0v) is 20.7. The molecule has 6 nitrogen and oxygen atoms in total. The zero-order chi connectivity index (χ0) is 24.2. The summed E-state index contributed by atoms with van der Waals surface area (Å²) < 4.78 is 6.94. The van der Waals surface area contributed by atoms with Gasteiger partial charge in [-0.1, -0.05) is 59.8 Å². The molecule has 0 spiro atoms. The van der Waals surface area contributed by atoms with Gasteiger partial charge in [-0.15, -0.1) is 0 Å². The Hall–Kier alpha value is -3.29. The van der Waals surface area contributed by atoms with E-state index in [9.17, 15) is 9.59 Å². The number of aromatic nitrogens is 2. The molecular weight excluding hydrogens is 470 g/mol. The van der Waals surface area contributed by atoms with Crippen molar-refractivity contribution >= 4 is 40.2 Å². The fraction of sp³-hybridized carbons (Fsp3) is 0.192. The van der Waals surface area contributed by atoms with E-state index in [0.717, 1.165) is 16.9 Å². The minimum absolute atomic E-state index is 0.0901. The van der Waals surface area contributed by atoms with Crippen molar-refractivity contribution < 1.29 is 9.53 Å². The van der Waals surface area contributed by atoms with E-state index in [1.54, 1.807) is 47.9 Å². The number of thioether (sulfide) groups is 1. The number of carbonyl (C=O) groups excluding carboxylic acids is 1. The highest BCUT2D eigenvalue weighted by atomic mass is 35.5. The SMILES string of the molecule is COc1ccccc1CN(C)C(=O)CSc1nc2ccccc2c(=O)n1-c1cccc(Cl)c1C. The lowest BCUT2D eigenvalue weighted by atomic mass is 10.2. The smallest absolute Gasteiger partial charge is 0.266 e. The molecule has 0 saturated heterocycles. The summed E-state index contributed by atoms with van der Waals surface area (Å²) in [5.74, 6) is 0.764. The number of methoxy groups -OCH3 is 1. The zero-order valence-electron chi connectivity index (χ0n) is 19.1. The molecule has 0 unspecified atom stereocenters. The van der Waals surface area contributed by atoms with Crippen LogP contribution in [0.2, 0.25) is 5.02 Å². The second-order valence-corrected chi connectivity index (χ2v) is 9.14. The van der Waals surface area contributed by atoms with Crippen LogP contribution in [0.1, 0.15) is 11.1 Å². The molecule has 0 aliphatic carbocycles. The van der Waals surface area contributed by atoms with Gasteiger partial charge in [0.15, 0.2) is 5.16 Å². The molecule has 1 amide bonds. The van der Waals surface area contributed by atoms with E-state index < -0.39 is 0 Å². The largest absolute Gasteiger partial charge is 0.496 e. The Morgan fingerprint density at radius 2 is 1.82 bits per heavy atom. The second-order valence-electron chi connectivity index (χ2n) is 7.79. The molecule has 4 rings (SSSR count). The van der Waals surface area contributed by atoms with Gasteiger partial charge < -0.3 is 9.64 Å². The molecule has 0 atom stereocenters. The first-order chi connectivity index (χ1) is 16.4. The van der Waals surface area contributed by atoms with E-state index in [4.69, 9.17) is 21.3 Å². The number of hydrogen-bond donors (Lipinski definition) is 0. The van der Waals surface area contributed by atoms with Crippen LogP contribution in [0.4, 0.5) is 0 Å². The summed E-state index contributed by atoms with van der Waals surface area (Å²) in [6.45, 7) is 2.27. The highest BCUT2D eigenvalue weighted by Gasteiger charge is 2.18. The fourth-order valence-corrected chi connectivity index (χ4v) is 4.79. The van der Waals surface area contributed by atoms with Gasteiger partial charge >= 0.3 is 0 Å². The first-order valence-electron chi connectivity index (χ1n) is 10.7. The number of nitrogens with zero attached hydrogens (tertiary/aromatic N) is 3. The third kappa shape index (κ3) is 4.81. The molecule has 1 heterocycles. The predicted octanol–water partition coefficient (Wildman–Crippen LogP) is 5.11. The Kier molecular flexibility index (Phi) is 7.24. The van der Waals surface area contributed by atoms with Gasteiger partial charge in [-0.3, -0.25) is 14.2 Å². The maximum absolute atomic E-state index is 13.5. The van der Waals surface area contributed by atoms with Crippen LogP contribution in [0.25, 0.3) is 16.6 Å². The van der Waals surface area contributed by atoms with Crippen molar-refractivity contribution in [2.24, 2.45) is 0 Å². The third-order valence-corrected chi connectivity index (χ3v) is 6.91. The number of hydrogen-bond acceptors (Lipinski definition) is 5. The molecule has 0 aliphatic rings. The van der Waals surface area contributed by atoms with E-state index >= 15 is 0 Å². The van der Waals surface area contributed by atoms with Crippen molar-refractivity contribution in [2.75, 3.05) is 19.9 Å². The van der Waals surface area contributed by atoms with E-state index in [1.807, 2.05) is 49.4 Å². The van der Waals surface area contributed by atoms with Gasteiger partial charge in [-0.2, -0.15) is 0 Å². The highest BCUT2D eigenvalue weighted by molar-refractivity contribution is 7.99. The van der Waals surface area contributed by atoms with Crippen molar-refractivity contribution in [1.82, 2.24) is 14.5 Å². The topological polar surface area (TPSA) is 64.4 Å². The van der Waals surface area contributed by atoms with Gasteiger partial charge in [0.25, 0.3) is 5.56 Å². The summed E-state index contributed by atoms with van der Waals surface area (Å²) in [4.78, 5) is 32.8. The van der Waals surface area contributed by atoms with Crippen LogP contribution in [0.3, 0.4) is 0 Å². The maximum atomic E-state index is 13.5. The summed E-state index contributed by atoms with van der Waals surface area (Å²) in [5.41, 5.74) is 2.72. The van der Waals surface area contributed by atoms with Crippen LogP contribution < -0.4 is 10.3 Å². The normalized spacial score (nSPS) is 10.9. The Bertz CT molecular complexity index is 1420. The number of amides is 1. The Morgan fingerprint density at radius 1 is 1.09 bits per heavy atom. The van der Waals surface area contributed by atoms with E-state index in [0.29, 0.717) is 33.3 Å². The average Bonchev–Trinajstić information content (AvgIpc) is 2.85. The Morgan fingerprint density at radius 3 is 2.62 bits per heavy atom. The maximum Gasteiger partial charge on any atom is 0.266 e. The summed E-state index contributed by atoms with van der Waals surface area (Å²) in [6.07, 6.45) is 0. The number of carbonyl (C=O) groups is 1. The number of rotatable bonds is 7. The summed E-state index contributed by atoms with van der Waals surface area (Å²) in [7, 11) is 3.36. The van der Waals surface area contributed by atoms with Gasteiger partial charge in [-0.05, 0) is 42.8 Å². The molecule has 34 heavy (non-hydrogen) atoms. The molecule has 0 bridgehead atoms. The summed E-state index contributed by atoms with van der Waals surface area (Å²) in [5, 5.41) is 1.50. The fourth-order valence-electron chi connectivity index (χ4n) is 3.67. The van der Waals surface area contributed by atoms with Crippen molar-refractivity contribution in [3.05, 3.63) is 93.2 Å². The lowest BCUT2D eigenvalue weighted by Gasteiger charge is -2.19. The quantitative estimate of drug-likeness (QED) is 0.264. The summed E-state index contributed by atoms with van der Waals surface area (Å²) >= 11 is 7.57. The first kappa shape index (κ1) is 23.9. The van der Waals surface area contributed by atoms with Crippen molar-refractivity contribution in [3.8, 4) is 11.4 Å². The lowest BCUT2D eigenvalue weighted by Crippen LogP contribution is -2.29. The molecule has 8 heteroatoms. The molecule has 0 saturated carbocycles. The van der Waals surface area contributed by atoms with Crippen LogP contribution in [0, 0.1) is 6.92 Å². The number of ether oxygens (including phenoxy) is 1. The molecule has 0 aliphatic heterocycles. The molecule has 174 valence electrons. The first-order valence-corrected chi connectivity index (χ1v) is 12.0. The molecule has 0 N–H and O–H groups in total. The van der Waals surface area contributed by atoms with Gasteiger partial charge in [0.1, 0.15) is 5.75 Å². The minimum Gasteiger partial charge on any atom is -0.496 e. The molecule has 0 radical (unpaired) electrons. The van der Waals surface area contributed by atoms with Crippen LogP contribution in [0.15, 0.2) is 76.7 Å². The molecule has 0 fully saturated rings. The van der Waals surface area contributed by atoms with Crippen LogP contribution >= 0.6 is 23.4 Å². The van der Waals surface area contributed by atoms with Crippen LogP contribution in [-0.2, 0) is 11.3 Å². The van der Waals surface area contributed by atoms with Gasteiger partial charge in [0.05, 0.1) is 29.5 Å². The van der Waals surface area contributed by atoms with Crippen LogP contribution in [0.5, 0.6) is 5.75 Å². The number of fused-ring (bicyclic) bond motifs is 1. The highest BCUT2D eigenvalue weighted by Crippen LogP contribution is 2.27. The molecule has 4 aromatic rings. The minimum atomic E-state index is -0.201. The van der Waals surface area contributed by atoms with Crippen molar-refractivity contribution in [1.29, 1.82) is 0 Å². The Balaban J connectivity index is 1.65. The van der Waals surface area contributed by atoms with Gasteiger partial charge in [0, 0.05) is 24.2 Å². The average molecular weight is 494 g/mol. The molecular formula is C26H24ClN3O3S. The number of halogens is 1. The summed E-state index contributed by atoms with van der Waals surface area (Å²) in [6, 6.07) is 20.2. The third-order valence-electron chi connectivity index (χ3n) is 5.58. The van der Waals surface area contributed by atoms with E-state index in [2.05, 4.69) is 0 Å². The van der Waals surface area contributed by atoms with Gasteiger partial charge in [-0.25, -0.2) is 4.98 Å². The van der Waals surface area contributed by atoms with Crippen molar-refractivity contribution in [3.63, 3.8) is 0 Å². The standard InChI is InChI=1S/C26H24ClN3O3S/c1-17-20(27)11-8-13-22(17)30-25(32)19-10-5-6-12-21(19)28-26(30)34-16-24(31)29(2)15-18-9-4-7-14-23(18)33-3/h4-14H,15-16H2,1-3H3. The predicted molar refractivity (Wildman–Crippen MR) is 137 cm³/mol. The monoisotopic (exact) mass is 493 g/mol. The van der Waals surface area contributed by atoms with E-state index in [-0.39, 0.29) is 17.2 Å². The molecule has 3 aromatic carbocycles. The Labute approximate surface area is 207 Å². The molecule has 1 aromatic heterocycles. The number of benzene rings is 3. The lowest BCUT2D eigenvalue weighted by molar-refractivity contribution is -0.127. The number of para-hydroxylation sites is 2. The second kappa shape index (κ2) is 10.3. The van der Waals surface area contributed by atoms with E-state index in [1.165, 1.54) is 11.8 Å².